The van der Waals surface area contributed by atoms with Crippen molar-refractivity contribution in [3.05, 3.63) is 27.4 Å². The van der Waals surface area contributed by atoms with Crippen molar-refractivity contribution < 1.29 is 0 Å². The van der Waals surface area contributed by atoms with Gasteiger partial charge in [0, 0.05) is 28.6 Å². The highest BCUT2D eigenvalue weighted by molar-refractivity contribution is 7.15. The molecule has 1 N–H and O–H groups in total. The Balaban J connectivity index is 2.05. The average Bonchev–Trinajstić information content (AvgIpc) is 2.87. The maximum absolute atomic E-state index is 4.48. The Labute approximate surface area is 104 Å². The van der Waals surface area contributed by atoms with E-state index in [1.165, 1.54) is 22.4 Å². The Morgan fingerprint density at radius 1 is 1.38 bits per heavy atom. The average molecular weight is 252 g/mol. The largest absolute Gasteiger partial charge is 0.312 e. The van der Waals surface area contributed by atoms with Gasteiger partial charge >= 0.3 is 0 Å². The summed E-state index contributed by atoms with van der Waals surface area (Å²) >= 11 is 3.53. The third kappa shape index (κ3) is 2.70. The molecule has 0 radical (unpaired) electrons. The minimum Gasteiger partial charge on any atom is -0.312 e. The summed E-state index contributed by atoms with van der Waals surface area (Å²) in [7, 11) is 0. The molecule has 16 heavy (non-hydrogen) atoms. The predicted octanol–water partition coefficient (Wildman–Crippen LogP) is 3.68. The number of aromatic nitrogens is 1. The smallest absolute Gasteiger partial charge is 0.124 e. The van der Waals surface area contributed by atoms with Crippen LogP contribution in [0.2, 0.25) is 0 Å². The molecule has 0 fully saturated rings. The van der Waals surface area contributed by atoms with Crippen LogP contribution in [0.25, 0.3) is 10.6 Å². The second-order valence-corrected chi connectivity index (χ2v) is 5.64. The zero-order valence-electron chi connectivity index (χ0n) is 9.62. The van der Waals surface area contributed by atoms with Gasteiger partial charge in [-0.05, 0) is 30.8 Å². The molecule has 2 heterocycles. The van der Waals surface area contributed by atoms with Gasteiger partial charge in [0.1, 0.15) is 5.01 Å². The summed E-state index contributed by atoms with van der Waals surface area (Å²) in [5, 5.41) is 8.89. The maximum atomic E-state index is 4.48. The molecule has 4 heteroatoms. The number of hydrogen-bond donors (Lipinski definition) is 1. The molecular formula is C12H16N2S2. The van der Waals surface area contributed by atoms with Crippen LogP contribution < -0.4 is 5.32 Å². The van der Waals surface area contributed by atoms with Gasteiger partial charge in [0.15, 0.2) is 0 Å². The highest BCUT2D eigenvalue weighted by atomic mass is 32.1. The summed E-state index contributed by atoms with van der Waals surface area (Å²) in [6.07, 6.45) is 3.16. The van der Waals surface area contributed by atoms with Crippen molar-refractivity contribution in [1.82, 2.24) is 10.3 Å². The van der Waals surface area contributed by atoms with E-state index in [0.717, 1.165) is 18.1 Å². The van der Waals surface area contributed by atoms with Crippen molar-refractivity contribution in [3.63, 3.8) is 0 Å². The van der Waals surface area contributed by atoms with Crippen molar-refractivity contribution in [2.75, 3.05) is 6.54 Å². The van der Waals surface area contributed by atoms with Crippen molar-refractivity contribution in [2.45, 2.75) is 26.8 Å². The number of hydrogen-bond acceptors (Lipinski definition) is 4. The van der Waals surface area contributed by atoms with Gasteiger partial charge < -0.3 is 5.32 Å². The maximum Gasteiger partial charge on any atom is 0.124 e. The van der Waals surface area contributed by atoms with Crippen molar-refractivity contribution in [2.24, 2.45) is 0 Å². The van der Waals surface area contributed by atoms with Gasteiger partial charge in [0.25, 0.3) is 0 Å². The minimum atomic E-state index is 0.939. The lowest BCUT2D eigenvalue weighted by molar-refractivity contribution is 0.681. The number of rotatable bonds is 5. The van der Waals surface area contributed by atoms with Gasteiger partial charge in [0.05, 0.1) is 0 Å². The molecule has 0 saturated heterocycles. The number of thiophene rings is 1. The molecular weight excluding hydrogens is 236 g/mol. The van der Waals surface area contributed by atoms with E-state index in [1.54, 1.807) is 22.7 Å². The highest BCUT2D eigenvalue weighted by Gasteiger charge is 2.07. The zero-order valence-corrected chi connectivity index (χ0v) is 11.3. The molecule has 0 atom stereocenters. The van der Waals surface area contributed by atoms with E-state index >= 15 is 0 Å². The summed E-state index contributed by atoms with van der Waals surface area (Å²) in [5.74, 6) is 0. The molecule has 2 nitrogen and oxygen atoms in total. The van der Waals surface area contributed by atoms with Crippen LogP contribution in [0.1, 0.15) is 23.8 Å². The molecule has 0 saturated carbocycles. The highest BCUT2D eigenvalue weighted by Crippen LogP contribution is 2.30. The number of nitrogens with one attached hydrogen (secondary N) is 1. The first-order valence-electron chi connectivity index (χ1n) is 5.50. The number of nitrogens with zero attached hydrogens (tertiary/aromatic N) is 1. The Hall–Kier alpha value is -0.710. The van der Waals surface area contributed by atoms with Crippen LogP contribution in [0, 0.1) is 6.92 Å². The molecule has 0 unspecified atom stereocenters. The summed E-state index contributed by atoms with van der Waals surface area (Å²) in [6.45, 7) is 6.33. The van der Waals surface area contributed by atoms with Crippen LogP contribution in [0.5, 0.6) is 0 Å². The van der Waals surface area contributed by atoms with Crippen LogP contribution in [-0.4, -0.2) is 11.5 Å². The van der Waals surface area contributed by atoms with E-state index in [2.05, 4.69) is 34.9 Å². The molecule has 0 bridgehead atoms. The van der Waals surface area contributed by atoms with Gasteiger partial charge in [-0.25, -0.2) is 4.98 Å². The van der Waals surface area contributed by atoms with Crippen molar-refractivity contribution >= 4 is 22.7 Å². The SMILES string of the molecule is CCCNCc1cnc(-c2cscc2C)s1. The van der Waals surface area contributed by atoms with E-state index in [9.17, 15) is 0 Å². The Kier molecular flexibility index (Phi) is 4.09. The van der Waals surface area contributed by atoms with Gasteiger partial charge in [-0.2, -0.15) is 11.3 Å². The molecule has 0 aliphatic rings. The lowest BCUT2D eigenvalue weighted by Gasteiger charge is -1.98. The van der Waals surface area contributed by atoms with Crippen LogP contribution in [0.4, 0.5) is 0 Å². The van der Waals surface area contributed by atoms with Crippen LogP contribution >= 0.6 is 22.7 Å². The molecule has 2 aromatic heterocycles. The first kappa shape index (κ1) is 11.8. The molecule has 0 spiro atoms. The minimum absolute atomic E-state index is 0.939. The van der Waals surface area contributed by atoms with Crippen molar-refractivity contribution in [1.29, 1.82) is 0 Å². The fourth-order valence-electron chi connectivity index (χ4n) is 1.48. The van der Waals surface area contributed by atoms with Crippen LogP contribution in [-0.2, 0) is 6.54 Å². The normalized spacial score (nSPS) is 10.9. The quantitative estimate of drug-likeness (QED) is 0.821. The van der Waals surface area contributed by atoms with Gasteiger partial charge in [-0.1, -0.05) is 6.92 Å². The first-order chi connectivity index (χ1) is 7.81. The Bertz CT molecular complexity index is 445. The second-order valence-electron chi connectivity index (χ2n) is 3.78. The summed E-state index contributed by atoms with van der Waals surface area (Å²) in [6, 6.07) is 0. The predicted molar refractivity (Wildman–Crippen MR) is 72.2 cm³/mol. The van der Waals surface area contributed by atoms with E-state index in [0.29, 0.717) is 0 Å². The van der Waals surface area contributed by atoms with Gasteiger partial charge in [0.2, 0.25) is 0 Å². The fraction of sp³-hybridized carbons (Fsp3) is 0.417. The molecule has 0 aliphatic carbocycles. The number of aryl methyl sites for hydroxylation is 1. The van der Waals surface area contributed by atoms with Crippen LogP contribution in [0.3, 0.4) is 0 Å². The Morgan fingerprint density at radius 2 is 2.25 bits per heavy atom. The topological polar surface area (TPSA) is 24.9 Å². The molecule has 0 amide bonds. The van der Waals surface area contributed by atoms with Crippen LogP contribution in [0.15, 0.2) is 17.0 Å². The van der Waals surface area contributed by atoms with E-state index in [4.69, 9.17) is 0 Å². The second kappa shape index (κ2) is 5.57. The first-order valence-corrected chi connectivity index (χ1v) is 7.25. The zero-order chi connectivity index (χ0) is 11.4. The van der Waals surface area contributed by atoms with Gasteiger partial charge in [-0.3, -0.25) is 0 Å². The summed E-state index contributed by atoms with van der Waals surface area (Å²) < 4.78 is 0. The lowest BCUT2D eigenvalue weighted by atomic mass is 10.2. The third-order valence-corrected chi connectivity index (χ3v) is 4.26. The fourth-order valence-corrected chi connectivity index (χ4v) is 3.35. The lowest BCUT2D eigenvalue weighted by Crippen LogP contribution is -2.12. The monoisotopic (exact) mass is 252 g/mol. The molecule has 86 valence electrons. The molecule has 2 rings (SSSR count). The molecule has 0 aliphatic heterocycles. The van der Waals surface area contributed by atoms with E-state index in [-0.39, 0.29) is 0 Å². The third-order valence-electron chi connectivity index (χ3n) is 2.37. The van der Waals surface area contributed by atoms with E-state index < -0.39 is 0 Å². The van der Waals surface area contributed by atoms with Gasteiger partial charge in [-0.15, -0.1) is 11.3 Å². The summed E-state index contributed by atoms with van der Waals surface area (Å²) in [4.78, 5) is 5.80. The number of thiazole rings is 1. The van der Waals surface area contributed by atoms with E-state index in [1.807, 2.05) is 6.20 Å². The summed E-state index contributed by atoms with van der Waals surface area (Å²) in [5.41, 5.74) is 2.61. The molecule has 2 aromatic rings. The standard InChI is InChI=1S/C12H16N2S2/c1-3-4-13-5-10-6-14-12(16-10)11-8-15-7-9(11)2/h6-8,13H,3-5H2,1-2H3. The Morgan fingerprint density at radius 3 is 2.94 bits per heavy atom. The van der Waals surface area contributed by atoms with Crippen molar-refractivity contribution in [3.8, 4) is 10.6 Å². The molecule has 0 aromatic carbocycles.